The van der Waals surface area contributed by atoms with Crippen LogP contribution in [0.1, 0.15) is 51.3 Å². The molecule has 2 amide bonds. The highest BCUT2D eigenvalue weighted by Gasteiger charge is 2.31. The Labute approximate surface area is 226 Å². The van der Waals surface area contributed by atoms with E-state index in [1.807, 2.05) is 68.4 Å². The number of carbonyl (C=O) groups excluding carboxylic acids is 2. The zero-order chi connectivity index (χ0) is 27.7. The Morgan fingerprint density at radius 3 is 2.21 bits per heavy atom. The first kappa shape index (κ1) is 28.9. The Morgan fingerprint density at radius 1 is 0.921 bits per heavy atom. The van der Waals surface area contributed by atoms with Crippen LogP contribution in [0.25, 0.3) is 0 Å². The average Bonchev–Trinajstić information content (AvgIpc) is 2.89. The Balaban J connectivity index is 1.94. The molecule has 202 valence electrons. The highest BCUT2D eigenvalue weighted by atomic mass is 19.1. The molecule has 6 heteroatoms. The molecule has 0 fully saturated rings. The molecule has 0 radical (unpaired) electrons. The first-order valence-corrected chi connectivity index (χ1v) is 13.1. The van der Waals surface area contributed by atoms with Gasteiger partial charge in [-0.15, -0.1) is 0 Å². The molecule has 5 nitrogen and oxygen atoms in total. The minimum absolute atomic E-state index is 0.0532. The van der Waals surface area contributed by atoms with Gasteiger partial charge >= 0.3 is 0 Å². The van der Waals surface area contributed by atoms with E-state index in [2.05, 4.69) is 26.1 Å². The van der Waals surface area contributed by atoms with E-state index >= 15 is 0 Å². The second kappa shape index (κ2) is 13.2. The SMILES string of the molecule is CC(C)CNC(=O)[C@@H](Cc1ccccc1)N(Cc1ccccc1F)C(=O)COc1ccccc1C(C)(C)C. The molecule has 0 bridgehead atoms. The molecule has 38 heavy (non-hydrogen) atoms. The first-order chi connectivity index (χ1) is 18.1. The molecular formula is C32H39FN2O3. The predicted molar refractivity (Wildman–Crippen MR) is 149 cm³/mol. The van der Waals surface area contributed by atoms with Crippen molar-refractivity contribution in [2.75, 3.05) is 13.2 Å². The van der Waals surface area contributed by atoms with Gasteiger partial charge in [-0.3, -0.25) is 9.59 Å². The monoisotopic (exact) mass is 518 g/mol. The third kappa shape index (κ3) is 8.17. The van der Waals surface area contributed by atoms with Crippen LogP contribution in [0.5, 0.6) is 5.75 Å². The van der Waals surface area contributed by atoms with Crippen LogP contribution in [-0.4, -0.2) is 35.9 Å². The molecule has 0 aliphatic rings. The van der Waals surface area contributed by atoms with Crippen LogP contribution in [0.3, 0.4) is 0 Å². The lowest BCUT2D eigenvalue weighted by Gasteiger charge is -2.32. The molecule has 0 aromatic heterocycles. The number of benzene rings is 3. The third-order valence-electron chi connectivity index (χ3n) is 6.30. The maximum Gasteiger partial charge on any atom is 0.261 e. The number of hydrogen-bond acceptors (Lipinski definition) is 3. The highest BCUT2D eigenvalue weighted by molar-refractivity contribution is 5.88. The number of nitrogens with zero attached hydrogens (tertiary/aromatic N) is 1. The summed E-state index contributed by atoms with van der Waals surface area (Å²) in [5.74, 6) is -0.238. The number of amides is 2. The van der Waals surface area contributed by atoms with Gasteiger partial charge in [0.05, 0.1) is 0 Å². The summed E-state index contributed by atoms with van der Waals surface area (Å²) >= 11 is 0. The number of rotatable bonds is 11. The molecule has 0 saturated heterocycles. The van der Waals surface area contributed by atoms with Crippen molar-refractivity contribution in [3.8, 4) is 5.75 Å². The minimum Gasteiger partial charge on any atom is -0.483 e. The van der Waals surface area contributed by atoms with Crippen molar-refractivity contribution in [3.05, 3.63) is 101 Å². The van der Waals surface area contributed by atoms with Gasteiger partial charge in [-0.1, -0.05) is 101 Å². The fourth-order valence-corrected chi connectivity index (χ4v) is 4.22. The number of para-hydroxylation sites is 1. The molecular weight excluding hydrogens is 479 g/mol. The van der Waals surface area contributed by atoms with Crippen molar-refractivity contribution in [2.45, 2.75) is 59.0 Å². The predicted octanol–water partition coefficient (Wildman–Crippen LogP) is 5.91. The molecule has 3 aromatic carbocycles. The van der Waals surface area contributed by atoms with Gasteiger partial charge in [0, 0.05) is 25.1 Å². The number of hydrogen-bond donors (Lipinski definition) is 1. The molecule has 3 aromatic rings. The van der Waals surface area contributed by atoms with Crippen LogP contribution in [0, 0.1) is 11.7 Å². The van der Waals surface area contributed by atoms with Crippen molar-refractivity contribution < 1.29 is 18.7 Å². The molecule has 0 aliphatic carbocycles. The van der Waals surface area contributed by atoms with E-state index in [0.29, 0.717) is 24.3 Å². The molecule has 0 heterocycles. The Morgan fingerprint density at radius 2 is 1.55 bits per heavy atom. The van der Waals surface area contributed by atoms with Crippen molar-refractivity contribution in [3.63, 3.8) is 0 Å². The number of nitrogens with one attached hydrogen (secondary N) is 1. The fraction of sp³-hybridized carbons (Fsp3) is 0.375. The van der Waals surface area contributed by atoms with Gasteiger partial charge in [0.25, 0.3) is 5.91 Å². The molecule has 1 N–H and O–H groups in total. The van der Waals surface area contributed by atoms with Crippen molar-refractivity contribution >= 4 is 11.8 Å². The lowest BCUT2D eigenvalue weighted by molar-refractivity contribution is -0.142. The largest absolute Gasteiger partial charge is 0.483 e. The average molecular weight is 519 g/mol. The Bertz CT molecular complexity index is 1200. The van der Waals surface area contributed by atoms with E-state index in [1.54, 1.807) is 18.2 Å². The summed E-state index contributed by atoms with van der Waals surface area (Å²) in [6, 6.07) is 22.6. The maximum absolute atomic E-state index is 14.7. The van der Waals surface area contributed by atoms with Crippen LogP contribution in [-0.2, 0) is 28.0 Å². The molecule has 0 spiro atoms. The number of halogens is 1. The zero-order valence-corrected chi connectivity index (χ0v) is 23.0. The normalized spacial score (nSPS) is 12.2. The van der Waals surface area contributed by atoms with E-state index in [1.165, 1.54) is 11.0 Å². The topological polar surface area (TPSA) is 58.6 Å². The zero-order valence-electron chi connectivity index (χ0n) is 23.0. The first-order valence-electron chi connectivity index (χ1n) is 13.1. The quantitative estimate of drug-likeness (QED) is 0.343. The van der Waals surface area contributed by atoms with Crippen molar-refractivity contribution in [2.24, 2.45) is 5.92 Å². The van der Waals surface area contributed by atoms with Crippen molar-refractivity contribution in [1.82, 2.24) is 10.2 Å². The van der Waals surface area contributed by atoms with Crippen LogP contribution >= 0.6 is 0 Å². The number of carbonyl (C=O) groups is 2. The summed E-state index contributed by atoms with van der Waals surface area (Å²) in [6.07, 6.45) is 0.295. The summed E-state index contributed by atoms with van der Waals surface area (Å²) in [7, 11) is 0. The van der Waals surface area contributed by atoms with Crippen LogP contribution in [0.2, 0.25) is 0 Å². The highest BCUT2D eigenvalue weighted by Crippen LogP contribution is 2.31. The van der Waals surface area contributed by atoms with Crippen LogP contribution < -0.4 is 10.1 Å². The number of ether oxygens (including phenoxy) is 1. The summed E-state index contributed by atoms with van der Waals surface area (Å²) in [4.78, 5) is 28.7. The fourth-order valence-electron chi connectivity index (χ4n) is 4.22. The molecule has 0 saturated carbocycles. The second-order valence-electron chi connectivity index (χ2n) is 11.0. The van der Waals surface area contributed by atoms with E-state index in [9.17, 15) is 14.0 Å². The maximum atomic E-state index is 14.7. The van der Waals surface area contributed by atoms with Gasteiger partial charge in [-0.05, 0) is 34.6 Å². The Hall–Kier alpha value is -3.67. The smallest absolute Gasteiger partial charge is 0.261 e. The second-order valence-corrected chi connectivity index (χ2v) is 11.0. The standard InChI is InChI=1S/C32H39FN2O3/c1-23(2)20-34-31(37)28(19-24-13-7-6-8-14-24)35(21-25-15-9-11-17-27(25)33)30(36)22-38-29-18-12-10-16-26(29)32(3,4)5/h6-18,23,28H,19-22H2,1-5H3,(H,34,37)/t28-/m1/s1. The third-order valence-corrected chi connectivity index (χ3v) is 6.30. The lowest BCUT2D eigenvalue weighted by atomic mass is 9.86. The van der Waals surface area contributed by atoms with Gasteiger partial charge < -0.3 is 15.0 Å². The van der Waals surface area contributed by atoms with E-state index in [-0.39, 0.29) is 30.4 Å². The molecule has 0 aliphatic heterocycles. The van der Waals surface area contributed by atoms with E-state index < -0.39 is 17.8 Å². The molecule has 3 rings (SSSR count). The van der Waals surface area contributed by atoms with Gasteiger partial charge in [0.2, 0.25) is 5.91 Å². The molecule has 0 unspecified atom stereocenters. The van der Waals surface area contributed by atoms with E-state index in [0.717, 1.165) is 11.1 Å². The molecule has 1 atom stereocenters. The lowest BCUT2D eigenvalue weighted by Crippen LogP contribution is -2.52. The summed E-state index contributed by atoms with van der Waals surface area (Å²) in [5.41, 5.74) is 2.04. The summed E-state index contributed by atoms with van der Waals surface area (Å²) in [6.45, 7) is 10.4. The summed E-state index contributed by atoms with van der Waals surface area (Å²) in [5, 5.41) is 2.97. The van der Waals surface area contributed by atoms with E-state index in [4.69, 9.17) is 4.74 Å². The minimum atomic E-state index is -0.843. The van der Waals surface area contributed by atoms with Gasteiger partial charge in [-0.25, -0.2) is 4.39 Å². The van der Waals surface area contributed by atoms with Crippen LogP contribution in [0.4, 0.5) is 4.39 Å². The van der Waals surface area contributed by atoms with Gasteiger partial charge in [0.15, 0.2) is 6.61 Å². The van der Waals surface area contributed by atoms with Crippen LogP contribution in [0.15, 0.2) is 78.9 Å². The summed E-state index contributed by atoms with van der Waals surface area (Å²) < 4.78 is 20.8. The Kier molecular flexibility index (Phi) is 10.1. The van der Waals surface area contributed by atoms with Gasteiger partial charge in [-0.2, -0.15) is 0 Å². The van der Waals surface area contributed by atoms with Crippen molar-refractivity contribution in [1.29, 1.82) is 0 Å². The van der Waals surface area contributed by atoms with Gasteiger partial charge in [0.1, 0.15) is 17.6 Å².